The molecule has 0 spiro atoms. The van der Waals surface area contributed by atoms with Crippen molar-refractivity contribution in [2.24, 2.45) is 0 Å². The Bertz CT molecular complexity index is 601. The van der Waals surface area contributed by atoms with E-state index in [1.54, 1.807) is 42.7 Å². The van der Waals surface area contributed by atoms with Crippen molar-refractivity contribution >= 4 is 5.91 Å². The first kappa shape index (κ1) is 15.0. The van der Waals surface area contributed by atoms with E-state index >= 15 is 0 Å². The minimum atomic E-state index is -0.115. The van der Waals surface area contributed by atoms with Gasteiger partial charge in [-0.25, -0.2) is 4.98 Å². The molecular formula is C16H19N3O2. The lowest BCUT2D eigenvalue weighted by molar-refractivity contribution is 0.0737. The van der Waals surface area contributed by atoms with Crippen molar-refractivity contribution in [1.82, 2.24) is 14.9 Å². The molecule has 1 atom stereocenters. The zero-order valence-corrected chi connectivity index (χ0v) is 12.5. The van der Waals surface area contributed by atoms with Crippen LogP contribution in [-0.2, 0) is 0 Å². The predicted molar refractivity (Wildman–Crippen MR) is 80.2 cm³/mol. The number of carbonyl (C=O) groups is 1. The highest BCUT2D eigenvalue weighted by molar-refractivity contribution is 5.96. The molecule has 2 heterocycles. The molecule has 0 aliphatic heterocycles. The summed E-state index contributed by atoms with van der Waals surface area (Å²) in [6.07, 6.45) is 5.06. The lowest BCUT2D eigenvalue weighted by atomic mass is 10.1. The number of pyridine rings is 2. The predicted octanol–water partition coefficient (Wildman–Crippen LogP) is 2.71. The molecule has 21 heavy (non-hydrogen) atoms. The first-order chi connectivity index (χ1) is 10.1. The van der Waals surface area contributed by atoms with E-state index in [0.717, 1.165) is 5.56 Å². The molecule has 0 fully saturated rings. The molecule has 0 aliphatic carbocycles. The molecule has 0 aromatic carbocycles. The molecule has 0 aliphatic rings. The highest BCUT2D eigenvalue weighted by Crippen LogP contribution is 2.23. The smallest absolute Gasteiger partial charge is 0.259 e. The number of aromatic nitrogens is 2. The van der Waals surface area contributed by atoms with Gasteiger partial charge in [0.1, 0.15) is 5.56 Å². The maximum atomic E-state index is 12.6. The number of rotatable bonds is 5. The number of hydrogen-bond acceptors (Lipinski definition) is 4. The maximum Gasteiger partial charge on any atom is 0.259 e. The zero-order valence-electron chi connectivity index (χ0n) is 12.5. The average molecular weight is 285 g/mol. The van der Waals surface area contributed by atoms with Gasteiger partial charge >= 0.3 is 0 Å². The molecule has 1 amide bonds. The van der Waals surface area contributed by atoms with Crippen LogP contribution in [0.1, 0.15) is 35.8 Å². The SMILES string of the molecule is CCOc1ncccc1C(=O)N(C)[C@H](C)c1ccncc1. The average Bonchev–Trinajstić information content (AvgIpc) is 2.54. The third-order valence-electron chi connectivity index (χ3n) is 3.37. The van der Waals surface area contributed by atoms with Gasteiger partial charge in [-0.3, -0.25) is 9.78 Å². The van der Waals surface area contributed by atoms with Crippen LogP contribution in [0.5, 0.6) is 5.88 Å². The van der Waals surface area contributed by atoms with Crippen molar-refractivity contribution in [3.63, 3.8) is 0 Å². The minimum absolute atomic E-state index is 0.0600. The van der Waals surface area contributed by atoms with Gasteiger partial charge in [0, 0.05) is 25.6 Å². The summed E-state index contributed by atoms with van der Waals surface area (Å²) in [6.45, 7) is 4.32. The van der Waals surface area contributed by atoms with Crippen molar-refractivity contribution in [2.75, 3.05) is 13.7 Å². The Morgan fingerprint density at radius 2 is 2.00 bits per heavy atom. The highest BCUT2D eigenvalue weighted by Gasteiger charge is 2.22. The highest BCUT2D eigenvalue weighted by atomic mass is 16.5. The van der Waals surface area contributed by atoms with Crippen molar-refractivity contribution in [3.05, 3.63) is 54.0 Å². The molecule has 0 radical (unpaired) electrons. The summed E-state index contributed by atoms with van der Waals surface area (Å²) in [5.41, 5.74) is 1.51. The van der Waals surface area contributed by atoms with Gasteiger partial charge in [-0.2, -0.15) is 0 Å². The molecule has 5 nitrogen and oxygen atoms in total. The Balaban J connectivity index is 2.23. The Morgan fingerprint density at radius 1 is 1.29 bits per heavy atom. The van der Waals surface area contributed by atoms with Gasteiger partial charge in [0.2, 0.25) is 5.88 Å². The Kier molecular flexibility index (Phi) is 4.87. The van der Waals surface area contributed by atoms with Gasteiger partial charge in [-0.1, -0.05) is 0 Å². The Morgan fingerprint density at radius 3 is 2.67 bits per heavy atom. The molecule has 2 aromatic heterocycles. The summed E-state index contributed by atoms with van der Waals surface area (Å²) in [7, 11) is 1.77. The van der Waals surface area contributed by atoms with Crippen LogP contribution in [-0.4, -0.2) is 34.4 Å². The normalized spacial score (nSPS) is 11.8. The molecule has 5 heteroatoms. The van der Waals surface area contributed by atoms with Gasteiger partial charge in [0.05, 0.1) is 12.6 Å². The molecular weight excluding hydrogens is 266 g/mol. The molecule has 2 rings (SSSR count). The van der Waals surface area contributed by atoms with E-state index < -0.39 is 0 Å². The summed E-state index contributed by atoms with van der Waals surface area (Å²) in [5, 5.41) is 0. The van der Waals surface area contributed by atoms with E-state index in [4.69, 9.17) is 4.74 Å². The van der Waals surface area contributed by atoms with Crippen LogP contribution in [0.3, 0.4) is 0 Å². The quantitative estimate of drug-likeness (QED) is 0.847. The number of carbonyl (C=O) groups excluding carboxylic acids is 1. The lowest BCUT2D eigenvalue weighted by Gasteiger charge is -2.25. The minimum Gasteiger partial charge on any atom is -0.477 e. The molecule has 0 N–H and O–H groups in total. The van der Waals surface area contributed by atoms with Crippen LogP contribution in [0, 0.1) is 0 Å². The maximum absolute atomic E-state index is 12.6. The summed E-state index contributed by atoms with van der Waals surface area (Å²) < 4.78 is 5.43. The fourth-order valence-corrected chi connectivity index (χ4v) is 2.04. The molecule has 0 unspecified atom stereocenters. The van der Waals surface area contributed by atoms with Crippen LogP contribution < -0.4 is 4.74 Å². The molecule has 2 aromatic rings. The third kappa shape index (κ3) is 3.37. The number of ether oxygens (including phenoxy) is 1. The Hall–Kier alpha value is -2.43. The molecule has 0 saturated heterocycles. The van der Waals surface area contributed by atoms with Crippen LogP contribution in [0.15, 0.2) is 42.9 Å². The van der Waals surface area contributed by atoms with Crippen LogP contribution in [0.4, 0.5) is 0 Å². The second-order valence-electron chi connectivity index (χ2n) is 4.66. The van der Waals surface area contributed by atoms with Crippen molar-refractivity contribution in [3.8, 4) is 5.88 Å². The second-order valence-corrected chi connectivity index (χ2v) is 4.66. The summed E-state index contributed by atoms with van der Waals surface area (Å²) >= 11 is 0. The van der Waals surface area contributed by atoms with Crippen LogP contribution >= 0.6 is 0 Å². The van der Waals surface area contributed by atoms with Crippen molar-refractivity contribution in [2.45, 2.75) is 19.9 Å². The van der Waals surface area contributed by atoms with Gasteiger partial charge in [0.25, 0.3) is 5.91 Å². The molecule has 110 valence electrons. The lowest BCUT2D eigenvalue weighted by Crippen LogP contribution is -2.30. The van der Waals surface area contributed by atoms with Crippen LogP contribution in [0.2, 0.25) is 0 Å². The largest absolute Gasteiger partial charge is 0.477 e. The summed E-state index contributed by atoms with van der Waals surface area (Å²) in [6, 6.07) is 7.22. The van der Waals surface area contributed by atoms with Crippen molar-refractivity contribution in [1.29, 1.82) is 0 Å². The van der Waals surface area contributed by atoms with Gasteiger partial charge in [-0.15, -0.1) is 0 Å². The first-order valence-electron chi connectivity index (χ1n) is 6.90. The fourth-order valence-electron chi connectivity index (χ4n) is 2.04. The molecule has 0 saturated carbocycles. The second kappa shape index (κ2) is 6.83. The number of nitrogens with zero attached hydrogens (tertiary/aromatic N) is 3. The third-order valence-corrected chi connectivity index (χ3v) is 3.37. The van der Waals surface area contributed by atoms with Gasteiger partial charge in [0.15, 0.2) is 0 Å². The van der Waals surface area contributed by atoms with Crippen molar-refractivity contribution < 1.29 is 9.53 Å². The summed E-state index contributed by atoms with van der Waals surface area (Å²) in [5.74, 6) is 0.259. The van der Waals surface area contributed by atoms with E-state index in [1.807, 2.05) is 26.0 Å². The fraction of sp³-hybridized carbons (Fsp3) is 0.312. The van der Waals surface area contributed by atoms with Gasteiger partial charge in [-0.05, 0) is 43.7 Å². The van der Waals surface area contributed by atoms with E-state index in [9.17, 15) is 4.79 Å². The summed E-state index contributed by atoms with van der Waals surface area (Å²) in [4.78, 5) is 22.4. The Labute approximate surface area is 124 Å². The molecule has 0 bridgehead atoms. The number of hydrogen-bond donors (Lipinski definition) is 0. The van der Waals surface area contributed by atoms with E-state index in [1.165, 1.54) is 0 Å². The zero-order chi connectivity index (χ0) is 15.2. The standard InChI is InChI=1S/C16H19N3O2/c1-4-21-15-14(6-5-9-18-15)16(20)19(3)12(2)13-7-10-17-11-8-13/h5-12H,4H2,1-3H3/t12-/m1/s1. The van der Waals surface area contributed by atoms with E-state index in [-0.39, 0.29) is 11.9 Å². The number of amides is 1. The van der Waals surface area contributed by atoms with E-state index in [0.29, 0.717) is 18.1 Å². The monoisotopic (exact) mass is 285 g/mol. The van der Waals surface area contributed by atoms with Gasteiger partial charge < -0.3 is 9.64 Å². The topological polar surface area (TPSA) is 55.3 Å². The first-order valence-corrected chi connectivity index (χ1v) is 6.90. The van der Waals surface area contributed by atoms with E-state index in [2.05, 4.69) is 9.97 Å². The van der Waals surface area contributed by atoms with Crippen LogP contribution in [0.25, 0.3) is 0 Å².